The molecule has 1 atom stereocenters. The first-order valence-electron chi connectivity index (χ1n) is 12.0. The number of nitrogens with zero attached hydrogens (tertiary/aromatic N) is 1. The largest absolute Gasteiger partial charge is 0.507 e. The molecule has 0 saturated carbocycles. The zero-order valence-corrected chi connectivity index (χ0v) is 20.7. The Morgan fingerprint density at radius 2 is 1.59 bits per heavy atom. The number of hydrogen-bond donors (Lipinski definition) is 1. The predicted octanol–water partition coefficient (Wildman–Crippen LogP) is 5.73. The number of likely N-dealkylation sites (tertiary alicyclic amines) is 1. The quantitative estimate of drug-likeness (QED) is 0.275. The Morgan fingerprint density at radius 3 is 2.15 bits per heavy atom. The molecule has 0 spiro atoms. The third-order valence-corrected chi connectivity index (χ3v) is 5.57. The molecule has 2 aromatic rings. The number of benzene rings is 2. The van der Waals surface area contributed by atoms with Crippen LogP contribution in [-0.2, 0) is 9.59 Å². The number of amides is 1. The highest BCUT2D eigenvalue weighted by atomic mass is 16.5. The maximum Gasteiger partial charge on any atom is 0.295 e. The maximum absolute atomic E-state index is 13.1. The minimum Gasteiger partial charge on any atom is -0.507 e. The number of Topliss-reactive ketones (excluding diaryl/α,β-unsaturated/α-hetero) is 1. The average molecular weight is 466 g/mol. The van der Waals surface area contributed by atoms with Crippen molar-refractivity contribution < 1.29 is 24.2 Å². The number of ether oxygens (including phenoxy) is 2. The first-order valence-corrected chi connectivity index (χ1v) is 12.0. The van der Waals surface area contributed by atoms with Gasteiger partial charge >= 0.3 is 0 Å². The molecule has 0 bridgehead atoms. The van der Waals surface area contributed by atoms with Crippen LogP contribution in [0, 0.1) is 5.92 Å². The summed E-state index contributed by atoms with van der Waals surface area (Å²) in [6, 6.07) is 13.6. The van der Waals surface area contributed by atoms with Gasteiger partial charge in [0.25, 0.3) is 11.7 Å². The summed E-state index contributed by atoms with van der Waals surface area (Å²) in [6.45, 7) is 11.1. The lowest BCUT2D eigenvalue weighted by Crippen LogP contribution is -2.30. The minimum absolute atomic E-state index is 0.0357. The molecule has 1 amide bonds. The van der Waals surface area contributed by atoms with Crippen LogP contribution >= 0.6 is 0 Å². The summed E-state index contributed by atoms with van der Waals surface area (Å²) in [4.78, 5) is 27.6. The van der Waals surface area contributed by atoms with Gasteiger partial charge in [-0.2, -0.15) is 0 Å². The van der Waals surface area contributed by atoms with Crippen molar-refractivity contribution in [1.29, 1.82) is 0 Å². The molecule has 182 valence electrons. The third kappa shape index (κ3) is 5.79. The van der Waals surface area contributed by atoms with E-state index in [1.165, 1.54) is 0 Å². The Balaban J connectivity index is 2.00. The van der Waals surface area contributed by atoms with Crippen molar-refractivity contribution in [3.05, 3.63) is 65.2 Å². The van der Waals surface area contributed by atoms with Crippen LogP contribution in [0.5, 0.6) is 11.5 Å². The molecule has 1 unspecified atom stereocenters. The van der Waals surface area contributed by atoms with Gasteiger partial charge in [-0.1, -0.05) is 39.3 Å². The molecule has 1 aliphatic heterocycles. The smallest absolute Gasteiger partial charge is 0.295 e. The molecule has 1 fully saturated rings. The van der Waals surface area contributed by atoms with E-state index in [9.17, 15) is 14.7 Å². The summed E-state index contributed by atoms with van der Waals surface area (Å²) >= 11 is 0. The highest BCUT2D eigenvalue weighted by molar-refractivity contribution is 6.46. The van der Waals surface area contributed by atoms with Crippen molar-refractivity contribution in [2.75, 3.05) is 13.2 Å². The summed E-state index contributed by atoms with van der Waals surface area (Å²) in [5, 5.41) is 11.2. The Labute approximate surface area is 202 Å². The molecule has 6 heteroatoms. The highest BCUT2D eigenvalue weighted by Crippen LogP contribution is 2.40. The molecular weight excluding hydrogens is 430 g/mol. The van der Waals surface area contributed by atoms with E-state index < -0.39 is 17.7 Å². The molecule has 1 aliphatic rings. The van der Waals surface area contributed by atoms with Crippen LogP contribution in [0.4, 0.5) is 0 Å². The molecule has 3 rings (SSSR count). The van der Waals surface area contributed by atoms with Crippen molar-refractivity contribution in [3.8, 4) is 11.5 Å². The second-order valence-corrected chi connectivity index (χ2v) is 9.31. The van der Waals surface area contributed by atoms with Crippen molar-refractivity contribution in [1.82, 2.24) is 4.90 Å². The molecule has 0 radical (unpaired) electrons. The summed E-state index contributed by atoms with van der Waals surface area (Å²) in [5.74, 6) is 0.359. The molecule has 0 aliphatic carbocycles. The van der Waals surface area contributed by atoms with E-state index in [-0.39, 0.29) is 17.4 Å². The van der Waals surface area contributed by atoms with Gasteiger partial charge in [-0.25, -0.2) is 0 Å². The van der Waals surface area contributed by atoms with E-state index in [1.807, 2.05) is 45.0 Å². The van der Waals surface area contributed by atoms with E-state index >= 15 is 0 Å². The zero-order valence-electron chi connectivity index (χ0n) is 20.7. The minimum atomic E-state index is -0.666. The van der Waals surface area contributed by atoms with E-state index in [2.05, 4.69) is 13.8 Å². The lowest BCUT2D eigenvalue weighted by atomic mass is 9.95. The van der Waals surface area contributed by atoms with Crippen LogP contribution < -0.4 is 9.47 Å². The van der Waals surface area contributed by atoms with Gasteiger partial charge in [0, 0.05) is 12.1 Å². The molecular formula is C28H35NO5. The van der Waals surface area contributed by atoms with Crippen LogP contribution in [0.25, 0.3) is 5.76 Å². The fraction of sp³-hybridized carbons (Fsp3) is 0.429. The summed E-state index contributed by atoms with van der Waals surface area (Å²) in [6.07, 6.45) is 1.68. The SMILES string of the molecule is CCCCN1C(=O)C(=O)/C(=C(\O)c2ccc(OCC(C)C)cc2)C1c1ccc(OC(C)C)cc1. The number of rotatable bonds is 10. The first-order chi connectivity index (χ1) is 16.2. The fourth-order valence-electron chi connectivity index (χ4n) is 3.91. The van der Waals surface area contributed by atoms with E-state index in [0.717, 1.165) is 18.4 Å². The van der Waals surface area contributed by atoms with Crippen molar-refractivity contribution in [3.63, 3.8) is 0 Å². The molecule has 1 N–H and O–H groups in total. The maximum atomic E-state index is 13.1. The second kappa shape index (κ2) is 11.2. The molecule has 1 heterocycles. The number of unbranched alkanes of at least 4 members (excludes halogenated alkanes) is 1. The Morgan fingerprint density at radius 1 is 0.971 bits per heavy atom. The predicted molar refractivity (Wildman–Crippen MR) is 133 cm³/mol. The van der Waals surface area contributed by atoms with Crippen LogP contribution in [0.15, 0.2) is 54.1 Å². The number of aliphatic hydroxyl groups excluding tert-OH is 1. The number of hydrogen-bond acceptors (Lipinski definition) is 5. The lowest BCUT2D eigenvalue weighted by molar-refractivity contribution is -0.139. The monoisotopic (exact) mass is 465 g/mol. The van der Waals surface area contributed by atoms with Gasteiger partial charge in [0.2, 0.25) is 0 Å². The third-order valence-electron chi connectivity index (χ3n) is 5.57. The molecule has 2 aromatic carbocycles. The first kappa shape index (κ1) is 25.3. The normalized spacial score (nSPS) is 17.6. The second-order valence-electron chi connectivity index (χ2n) is 9.31. The Bertz CT molecular complexity index is 1020. The van der Waals surface area contributed by atoms with Crippen LogP contribution in [0.1, 0.15) is 64.6 Å². The van der Waals surface area contributed by atoms with E-state index in [1.54, 1.807) is 29.2 Å². The van der Waals surface area contributed by atoms with Gasteiger partial charge in [0.1, 0.15) is 17.3 Å². The number of carbonyl (C=O) groups excluding carboxylic acids is 2. The number of carbonyl (C=O) groups is 2. The molecule has 1 saturated heterocycles. The van der Waals surface area contributed by atoms with Crippen molar-refractivity contribution in [2.24, 2.45) is 5.92 Å². The zero-order chi connectivity index (χ0) is 24.8. The lowest BCUT2D eigenvalue weighted by Gasteiger charge is -2.25. The fourth-order valence-corrected chi connectivity index (χ4v) is 3.91. The molecule has 34 heavy (non-hydrogen) atoms. The topological polar surface area (TPSA) is 76.1 Å². The van der Waals surface area contributed by atoms with Crippen LogP contribution in [0.2, 0.25) is 0 Å². The van der Waals surface area contributed by atoms with Gasteiger partial charge in [0.15, 0.2) is 0 Å². The standard InChI is InChI=1S/C28H35NO5/c1-6-7-16-29-25(20-8-14-23(15-9-20)34-19(4)5)24(27(31)28(29)32)26(30)21-10-12-22(13-11-21)33-17-18(2)3/h8-15,18-19,25,30H,6-7,16-17H2,1-5H3/b26-24-. The number of aliphatic hydroxyl groups is 1. The number of ketones is 1. The summed E-state index contributed by atoms with van der Waals surface area (Å²) in [7, 11) is 0. The van der Waals surface area contributed by atoms with Gasteiger partial charge < -0.3 is 19.5 Å². The van der Waals surface area contributed by atoms with Gasteiger partial charge in [0.05, 0.1) is 24.3 Å². The summed E-state index contributed by atoms with van der Waals surface area (Å²) < 4.78 is 11.5. The van der Waals surface area contributed by atoms with Gasteiger partial charge in [-0.3, -0.25) is 9.59 Å². The highest BCUT2D eigenvalue weighted by Gasteiger charge is 2.45. The Kier molecular flexibility index (Phi) is 8.37. The van der Waals surface area contributed by atoms with Crippen LogP contribution in [-0.4, -0.2) is 41.0 Å². The summed E-state index contributed by atoms with van der Waals surface area (Å²) in [5.41, 5.74) is 1.33. The van der Waals surface area contributed by atoms with E-state index in [4.69, 9.17) is 9.47 Å². The van der Waals surface area contributed by atoms with Crippen molar-refractivity contribution in [2.45, 2.75) is 59.6 Å². The molecule has 0 aromatic heterocycles. The van der Waals surface area contributed by atoms with Crippen LogP contribution in [0.3, 0.4) is 0 Å². The Hall–Kier alpha value is -3.28. The van der Waals surface area contributed by atoms with E-state index in [0.29, 0.717) is 36.1 Å². The van der Waals surface area contributed by atoms with Gasteiger partial charge in [-0.05, 0) is 68.1 Å². The molecule has 6 nitrogen and oxygen atoms in total. The van der Waals surface area contributed by atoms with Gasteiger partial charge in [-0.15, -0.1) is 0 Å². The average Bonchev–Trinajstić information content (AvgIpc) is 3.06. The van der Waals surface area contributed by atoms with Crippen molar-refractivity contribution >= 4 is 17.4 Å².